The van der Waals surface area contributed by atoms with Crippen molar-refractivity contribution in [2.24, 2.45) is 0 Å². The fourth-order valence-electron chi connectivity index (χ4n) is 3.68. The van der Waals surface area contributed by atoms with E-state index in [1.165, 1.54) is 46.7 Å². The Hall–Kier alpha value is -0.313. The van der Waals surface area contributed by atoms with E-state index >= 15 is 0 Å². The summed E-state index contributed by atoms with van der Waals surface area (Å²) in [6, 6.07) is 15.5. The number of rotatable bonds is 2. The van der Waals surface area contributed by atoms with Gasteiger partial charge in [0.25, 0.3) is 0 Å². The normalized spacial score (nSPS) is 15.0. The molecule has 0 aromatic heterocycles. The molecule has 0 aliphatic heterocycles. The van der Waals surface area contributed by atoms with Gasteiger partial charge in [0.2, 0.25) is 0 Å². The molecule has 176 valence electrons. The van der Waals surface area contributed by atoms with Crippen LogP contribution in [0.1, 0.15) is 36.8 Å². The van der Waals surface area contributed by atoms with Crippen LogP contribution in [0.4, 0.5) is 0 Å². The molecule has 0 heterocycles. The Morgan fingerprint density at radius 3 is 1.88 bits per heavy atom. The van der Waals surface area contributed by atoms with Crippen molar-refractivity contribution in [3.05, 3.63) is 71.8 Å². The predicted molar refractivity (Wildman–Crippen MR) is 140 cm³/mol. The molecule has 3 aliphatic carbocycles. The second-order valence-electron chi connectivity index (χ2n) is 10.8. The molecule has 0 radical (unpaired) electrons. The number of fused-ring (bicyclic) bond motifs is 3. The Morgan fingerprint density at radius 1 is 0.848 bits per heavy atom. The number of hydrogen-bond acceptors (Lipinski definition) is 0. The van der Waals surface area contributed by atoms with Crippen molar-refractivity contribution in [1.82, 2.24) is 0 Å². The van der Waals surface area contributed by atoms with Gasteiger partial charge in [0, 0.05) is 8.07 Å². The van der Waals surface area contributed by atoms with Crippen molar-refractivity contribution in [3.63, 3.8) is 0 Å². The molecule has 0 bridgehead atoms. The standard InChI is InChI=1S/C19H25Si2.C5H5.C4H6.2ClH.Zr/c1-20(2,3)16-9-7-14-11-15-8-10-17(21(4,5)6)13-19(15)18(14)12-16;1-2-4-5-3-1;1-2-4-3-1;;;/h7,9-10,12-13H,11H2,1-6H3;1-3H,4H2;1-3H2;2*1H;/q2*-1;;;;+2/p-2. The maximum absolute atomic E-state index is 3.58. The molecule has 5 rings (SSSR count). The van der Waals surface area contributed by atoms with Crippen LogP contribution in [0.3, 0.4) is 0 Å². The molecule has 0 N–H and O–H groups in total. The van der Waals surface area contributed by atoms with Crippen molar-refractivity contribution in [1.29, 1.82) is 0 Å². The molecule has 0 atom stereocenters. The van der Waals surface area contributed by atoms with Gasteiger partial charge in [0.15, 0.2) is 0 Å². The van der Waals surface area contributed by atoms with Gasteiger partial charge in [0.1, 0.15) is 0 Å². The van der Waals surface area contributed by atoms with E-state index in [1.807, 2.05) is 12.2 Å². The van der Waals surface area contributed by atoms with Gasteiger partial charge in [-0.1, -0.05) is 73.8 Å². The Kier molecular flexibility index (Phi) is 12.2. The molecule has 5 heteroatoms. The van der Waals surface area contributed by atoms with Crippen LogP contribution in [0.15, 0.2) is 48.6 Å². The first-order valence-corrected chi connectivity index (χ1v) is 19.8. The third-order valence-electron chi connectivity index (χ3n) is 6.07. The van der Waals surface area contributed by atoms with Crippen LogP contribution in [-0.4, -0.2) is 19.4 Å². The molecule has 2 aromatic rings. The summed E-state index contributed by atoms with van der Waals surface area (Å²) in [7, 11) is -2.52. The third kappa shape index (κ3) is 8.69. The average molecular weight is 591 g/mol. The summed E-state index contributed by atoms with van der Waals surface area (Å²) >= 11 is 1.67. The second-order valence-corrected chi connectivity index (χ2v) is 22.7. The first-order chi connectivity index (χ1) is 14.6. The van der Waals surface area contributed by atoms with Crippen molar-refractivity contribution >= 4 is 29.7 Å². The molecule has 0 spiro atoms. The van der Waals surface area contributed by atoms with Gasteiger partial charge in [-0.15, -0.1) is 12.0 Å². The zero-order valence-corrected chi connectivity index (χ0v) is 26.9. The molecule has 1 saturated carbocycles. The monoisotopic (exact) mass is 588 g/mol. The molecular weight excluding hydrogens is 555 g/mol. The van der Waals surface area contributed by atoms with E-state index in [1.54, 1.807) is 32.6 Å². The topological polar surface area (TPSA) is 0 Å². The summed E-state index contributed by atoms with van der Waals surface area (Å²) in [5, 5.41) is 3.08. The number of benzene rings is 2. The molecule has 33 heavy (non-hydrogen) atoms. The van der Waals surface area contributed by atoms with Crippen LogP contribution >= 0.6 is 0 Å². The van der Waals surface area contributed by atoms with E-state index in [4.69, 9.17) is 0 Å². The van der Waals surface area contributed by atoms with Gasteiger partial charge in [-0.05, 0) is 6.42 Å². The minimum absolute atomic E-state index is 0. The van der Waals surface area contributed by atoms with Crippen LogP contribution in [0.5, 0.6) is 0 Å². The summed E-state index contributed by atoms with van der Waals surface area (Å²) in [6.45, 7) is 14.5. The van der Waals surface area contributed by atoms with Crippen LogP contribution in [-0.2, 0) is 30.7 Å². The van der Waals surface area contributed by atoms with Crippen LogP contribution < -0.4 is 35.2 Å². The van der Waals surface area contributed by atoms with Crippen molar-refractivity contribution in [3.8, 4) is 11.1 Å². The summed E-state index contributed by atoms with van der Waals surface area (Å²) < 4.78 is 1.78. The van der Waals surface area contributed by atoms with Crippen molar-refractivity contribution < 1.29 is 49.0 Å². The second kappa shape index (κ2) is 13.1. The summed E-state index contributed by atoms with van der Waals surface area (Å²) in [6.07, 6.45) is 15.4. The van der Waals surface area contributed by atoms with Crippen molar-refractivity contribution in [2.75, 3.05) is 0 Å². The summed E-state index contributed by atoms with van der Waals surface area (Å²) in [5.74, 6) is 0. The SMILES string of the molecule is C[Si](C)(C)c1c[c-]c2c(c1)-c1cc([Si](C)(C)C)ccc1C2.[C-]1=CC=CC1.[Cl-].[Cl-].[Zr+2]=[C]1CCC1. The minimum atomic E-state index is -1.27. The van der Waals surface area contributed by atoms with E-state index in [2.05, 4.69) is 87.8 Å². The Labute approximate surface area is 231 Å². The predicted octanol–water partition coefficient (Wildman–Crippen LogP) is 0.352. The number of allylic oxidation sites excluding steroid dienone is 4. The Balaban J connectivity index is 0.000000375. The van der Waals surface area contributed by atoms with Crippen LogP contribution in [0.2, 0.25) is 39.3 Å². The number of halogens is 2. The average Bonchev–Trinajstić information content (AvgIpc) is 3.36. The van der Waals surface area contributed by atoms with E-state index < -0.39 is 16.1 Å². The molecule has 2 aromatic carbocycles. The number of hydrogen-bond donors (Lipinski definition) is 0. The molecule has 3 aliphatic rings. The zero-order valence-electron chi connectivity index (χ0n) is 20.9. The Bertz CT molecular complexity index is 934. The van der Waals surface area contributed by atoms with E-state index in [-0.39, 0.29) is 24.8 Å². The fraction of sp³-hybridized carbons (Fsp3) is 0.393. The van der Waals surface area contributed by atoms with Crippen LogP contribution in [0.25, 0.3) is 11.1 Å². The van der Waals surface area contributed by atoms with E-state index in [0.29, 0.717) is 0 Å². The van der Waals surface area contributed by atoms with Gasteiger partial charge in [0.05, 0.1) is 8.07 Å². The molecular formula is C28H36Cl2Si2Zr-2. The van der Waals surface area contributed by atoms with Gasteiger partial charge in [-0.25, -0.2) is 12.2 Å². The summed E-state index contributed by atoms with van der Waals surface area (Å²) in [5.41, 5.74) is 5.79. The van der Waals surface area contributed by atoms with Gasteiger partial charge >= 0.3 is 46.7 Å². The van der Waals surface area contributed by atoms with Crippen LogP contribution in [0, 0.1) is 12.1 Å². The van der Waals surface area contributed by atoms with E-state index in [0.717, 1.165) is 12.8 Å². The summed E-state index contributed by atoms with van der Waals surface area (Å²) in [4.78, 5) is 0. The van der Waals surface area contributed by atoms with E-state index in [9.17, 15) is 0 Å². The maximum atomic E-state index is 3.58. The molecule has 0 nitrogen and oxygen atoms in total. The molecule has 0 saturated heterocycles. The molecule has 1 fully saturated rings. The quantitative estimate of drug-likeness (QED) is 0.299. The Morgan fingerprint density at radius 2 is 1.45 bits per heavy atom. The first-order valence-electron chi connectivity index (χ1n) is 11.5. The first kappa shape index (κ1) is 30.7. The van der Waals surface area contributed by atoms with Gasteiger partial charge in [-0.2, -0.15) is 35.0 Å². The molecule has 0 unspecified atom stereocenters. The van der Waals surface area contributed by atoms with Gasteiger partial charge < -0.3 is 24.8 Å². The zero-order chi connectivity index (χ0) is 22.6. The third-order valence-corrected chi connectivity index (χ3v) is 11.4. The fourth-order valence-corrected chi connectivity index (χ4v) is 6.79. The van der Waals surface area contributed by atoms with Crippen molar-refractivity contribution in [2.45, 2.75) is 71.4 Å². The van der Waals surface area contributed by atoms with Gasteiger partial charge in [-0.3, -0.25) is 6.08 Å². The molecule has 0 amide bonds.